The van der Waals surface area contributed by atoms with Crippen LogP contribution in [0, 0.1) is 0 Å². The van der Waals surface area contributed by atoms with Gasteiger partial charge in [0.25, 0.3) is 0 Å². The molecule has 332 valence electrons. The fourth-order valence-corrected chi connectivity index (χ4v) is 5.74. The number of aliphatic hydroxyl groups is 4. The van der Waals surface area contributed by atoms with Gasteiger partial charge in [-0.3, -0.25) is 9.59 Å². The van der Waals surface area contributed by atoms with Crippen molar-refractivity contribution in [2.75, 3.05) is 19.8 Å². The minimum absolute atomic E-state index is 0.139. The Kier molecular flexibility index (Phi) is 34.9. The minimum atomic E-state index is -1.62. The van der Waals surface area contributed by atoms with Crippen LogP contribution in [0.15, 0.2) is 109 Å². The monoisotopic (exact) mass is 825 g/mol. The highest BCUT2D eigenvalue weighted by Gasteiger charge is 2.44. The van der Waals surface area contributed by atoms with Crippen molar-refractivity contribution in [3.63, 3.8) is 0 Å². The van der Waals surface area contributed by atoms with Crippen LogP contribution in [0.1, 0.15) is 129 Å². The number of ether oxygens (including phenoxy) is 4. The van der Waals surface area contributed by atoms with Crippen LogP contribution in [0.5, 0.6) is 0 Å². The molecule has 0 aromatic heterocycles. The summed E-state index contributed by atoms with van der Waals surface area (Å²) >= 11 is 0. The number of unbranched alkanes of at least 4 members (excludes halogenated alkanes) is 5. The third kappa shape index (κ3) is 30.1. The second kappa shape index (κ2) is 38.6. The molecule has 0 aromatic carbocycles. The maximum absolute atomic E-state index is 12.7. The summed E-state index contributed by atoms with van der Waals surface area (Å²) < 4.78 is 22.1. The molecule has 0 aromatic rings. The van der Waals surface area contributed by atoms with Gasteiger partial charge in [-0.15, -0.1) is 0 Å². The van der Waals surface area contributed by atoms with Crippen molar-refractivity contribution in [3.05, 3.63) is 109 Å². The summed E-state index contributed by atoms with van der Waals surface area (Å²) in [5, 5.41) is 40.1. The molecule has 1 aliphatic rings. The molecule has 1 fully saturated rings. The van der Waals surface area contributed by atoms with Crippen molar-refractivity contribution in [1.82, 2.24) is 0 Å². The zero-order valence-electron chi connectivity index (χ0n) is 35.9. The Morgan fingerprint density at radius 2 is 0.966 bits per heavy atom. The summed E-state index contributed by atoms with van der Waals surface area (Å²) in [6.07, 6.45) is 45.2. The number of hydrogen-bond acceptors (Lipinski definition) is 10. The maximum atomic E-state index is 12.7. The van der Waals surface area contributed by atoms with Gasteiger partial charge >= 0.3 is 11.9 Å². The summed E-state index contributed by atoms with van der Waals surface area (Å²) in [7, 11) is 0. The molecule has 1 saturated heterocycles. The molecule has 0 aliphatic carbocycles. The highest BCUT2D eigenvalue weighted by atomic mass is 16.7. The third-order valence-corrected chi connectivity index (χ3v) is 9.15. The Bertz CT molecular complexity index is 1320. The van der Waals surface area contributed by atoms with E-state index >= 15 is 0 Å². The van der Waals surface area contributed by atoms with Gasteiger partial charge < -0.3 is 39.4 Å². The van der Waals surface area contributed by atoms with Gasteiger partial charge in [-0.2, -0.15) is 0 Å². The summed E-state index contributed by atoms with van der Waals surface area (Å²) in [5.41, 5.74) is 0. The van der Waals surface area contributed by atoms with E-state index in [2.05, 4.69) is 117 Å². The molecule has 6 atom stereocenters. The lowest BCUT2D eigenvalue weighted by atomic mass is 9.99. The first-order chi connectivity index (χ1) is 28.8. The quantitative estimate of drug-likeness (QED) is 0.0281. The van der Waals surface area contributed by atoms with E-state index in [1.165, 1.54) is 0 Å². The fraction of sp³-hybridized carbons (Fsp3) is 0.592. The Hall–Kier alpha value is -3.64. The second-order valence-corrected chi connectivity index (χ2v) is 14.4. The second-order valence-electron chi connectivity index (χ2n) is 14.4. The molecule has 1 heterocycles. The van der Waals surface area contributed by atoms with E-state index in [4.69, 9.17) is 18.9 Å². The number of rotatable bonds is 34. The highest BCUT2D eigenvalue weighted by Crippen LogP contribution is 2.22. The van der Waals surface area contributed by atoms with Crippen molar-refractivity contribution in [2.45, 2.75) is 166 Å². The van der Waals surface area contributed by atoms with E-state index in [0.29, 0.717) is 19.3 Å². The lowest BCUT2D eigenvalue weighted by molar-refractivity contribution is -0.305. The van der Waals surface area contributed by atoms with Crippen LogP contribution < -0.4 is 0 Å². The van der Waals surface area contributed by atoms with Gasteiger partial charge in [0.05, 0.1) is 13.2 Å². The van der Waals surface area contributed by atoms with Gasteiger partial charge in [-0.1, -0.05) is 136 Å². The molecule has 0 saturated carbocycles. The number of esters is 2. The first-order valence-corrected chi connectivity index (χ1v) is 22.0. The van der Waals surface area contributed by atoms with Gasteiger partial charge in [-0.25, -0.2) is 0 Å². The van der Waals surface area contributed by atoms with Gasteiger partial charge in [0, 0.05) is 12.8 Å². The van der Waals surface area contributed by atoms with E-state index < -0.39 is 55.4 Å². The minimum Gasteiger partial charge on any atom is -0.462 e. The Labute approximate surface area is 355 Å². The van der Waals surface area contributed by atoms with Crippen LogP contribution in [-0.2, 0) is 28.5 Å². The maximum Gasteiger partial charge on any atom is 0.306 e. The molecular formula is C49H76O10. The SMILES string of the molecule is CC/C=C\C/C=C\C/C=C\C/C=C\C/C=C\CCCC(=O)OC(COC(=O)CCCCCC/C=C\C/C=C\C/C=C\C/C=C\CC)COC1OC(CO)C(O)C(O)C1O. The first kappa shape index (κ1) is 53.4. The lowest BCUT2D eigenvalue weighted by Gasteiger charge is -2.39. The molecule has 10 nitrogen and oxygen atoms in total. The normalized spacial score (nSPS) is 21.1. The molecular weight excluding hydrogens is 749 g/mol. The average molecular weight is 825 g/mol. The van der Waals surface area contributed by atoms with E-state index in [9.17, 15) is 30.0 Å². The molecule has 4 N–H and O–H groups in total. The van der Waals surface area contributed by atoms with Crippen molar-refractivity contribution in [1.29, 1.82) is 0 Å². The smallest absolute Gasteiger partial charge is 0.306 e. The zero-order chi connectivity index (χ0) is 43.0. The van der Waals surface area contributed by atoms with Crippen LogP contribution in [0.4, 0.5) is 0 Å². The predicted molar refractivity (Wildman–Crippen MR) is 237 cm³/mol. The summed E-state index contributed by atoms with van der Waals surface area (Å²) in [5.74, 6) is -0.916. The number of carbonyl (C=O) groups excluding carboxylic acids is 2. The van der Waals surface area contributed by atoms with Crippen molar-refractivity contribution >= 4 is 11.9 Å². The lowest BCUT2D eigenvalue weighted by Crippen LogP contribution is -2.59. The van der Waals surface area contributed by atoms with Crippen molar-refractivity contribution < 1.29 is 49.0 Å². The number of allylic oxidation sites excluding steroid dienone is 18. The van der Waals surface area contributed by atoms with Crippen molar-refractivity contribution in [3.8, 4) is 0 Å². The van der Waals surface area contributed by atoms with Gasteiger partial charge in [0.2, 0.25) is 0 Å². The molecule has 6 unspecified atom stereocenters. The molecule has 1 rings (SSSR count). The predicted octanol–water partition coefficient (Wildman–Crippen LogP) is 9.33. The molecule has 0 bridgehead atoms. The Morgan fingerprint density at radius 1 is 0.525 bits per heavy atom. The van der Waals surface area contributed by atoms with Gasteiger partial charge in [-0.05, 0) is 89.9 Å². The van der Waals surface area contributed by atoms with Gasteiger partial charge in [0.1, 0.15) is 31.0 Å². The van der Waals surface area contributed by atoms with Crippen LogP contribution >= 0.6 is 0 Å². The molecule has 59 heavy (non-hydrogen) atoms. The molecule has 10 heteroatoms. The standard InChI is InChI=1S/C49H76O10/c1-3-5-7-9-11-13-15-17-19-21-23-25-27-29-31-33-35-37-44(51)56-40-42(41-57-49-48(55)47(54)46(53)43(39-50)59-49)58-45(52)38-36-34-32-30-28-26-24-22-20-18-16-14-12-10-8-6-4-2/h5-8,11-14,17-20,23-26,30,32,42-43,46-50,53-55H,3-4,9-10,15-16,21-22,27-29,31,33-41H2,1-2H3/b7-5-,8-6-,13-11-,14-12-,19-17-,20-18-,25-23-,26-24-,32-30-. The topological polar surface area (TPSA) is 152 Å². The Morgan fingerprint density at radius 3 is 1.46 bits per heavy atom. The van der Waals surface area contributed by atoms with Crippen LogP contribution in [0.25, 0.3) is 0 Å². The zero-order valence-corrected chi connectivity index (χ0v) is 35.9. The van der Waals surface area contributed by atoms with Crippen LogP contribution in [-0.4, -0.2) is 89.0 Å². The van der Waals surface area contributed by atoms with E-state index in [0.717, 1.165) is 83.5 Å². The Balaban J connectivity index is 2.42. The molecule has 0 radical (unpaired) electrons. The van der Waals surface area contributed by atoms with Crippen LogP contribution in [0.3, 0.4) is 0 Å². The van der Waals surface area contributed by atoms with Gasteiger partial charge in [0.15, 0.2) is 12.4 Å². The number of aliphatic hydroxyl groups excluding tert-OH is 4. The van der Waals surface area contributed by atoms with E-state index in [1.807, 2.05) is 6.08 Å². The van der Waals surface area contributed by atoms with E-state index in [1.54, 1.807) is 0 Å². The fourth-order valence-electron chi connectivity index (χ4n) is 5.74. The summed E-state index contributed by atoms with van der Waals surface area (Å²) in [6, 6.07) is 0. The summed E-state index contributed by atoms with van der Waals surface area (Å²) in [6.45, 7) is 3.08. The largest absolute Gasteiger partial charge is 0.462 e. The van der Waals surface area contributed by atoms with Crippen LogP contribution in [0.2, 0.25) is 0 Å². The van der Waals surface area contributed by atoms with Crippen molar-refractivity contribution in [2.24, 2.45) is 0 Å². The average Bonchev–Trinajstić information content (AvgIpc) is 3.23. The number of carbonyl (C=O) groups is 2. The third-order valence-electron chi connectivity index (χ3n) is 9.15. The summed E-state index contributed by atoms with van der Waals surface area (Å²) in [4.78, 5) is 25.3. The first-order valence-electron chi connectivity index (χ1n) is 22.0. The van der Waals surface area contributed by atoms with E-state index in [-0.39, 0.29) is 26.1 Å². The number of hydrogen-bond donors (Lipinski definition) is 4. The molecule has 0 spiro atoms. The molecule has 1 aliphatic heterocycles. The highest BCUT2D eigenvalue weighted by molar-refractivity contribution is 5.70. The molecule has 0 amide bonds.